The van der Waals surface area contributed by atoms with Crippen LogP contribution in [0, 0.1) is 0 Å². The number of aliphatic hydroxyl groups excluding tert-OH is 1. The lowest BCUT2D eigenvalue weighted by molar-refractivity contribution is -0.154. The Bertz CT molecular complexity index is 469. The van der Waals surface area contributed by atoms with Gasteiger partial charge in [-0.15, -0.1) is 0 Å². The molecular weight excluding hydrogens is 386 g/mol. The minimum absolute atomic E-state index is 0.209. The van der Waals surface area contributed by atoms with Crippen molar-refractivity contribution in [3.63, 3.8) is 0 Å². The summed E-state index contributed by atoms with van der Waals surface area (Å²) < 4.78 is 9.89. The molecule has 0 aliphatic carbocycles. The first kappa shape index (κ1) is 28.4. The third kappa shape index (κ3) is 18.4. The van der Waals surface area contributed by atoms with Gasteiger partial charge in [-0.25, -0.2) is 4.79 Å². The summed E-state index contributed by atoms with van der Waals surface area (Å²) in [7, 11) is 0. The van der Waals surface area contributed by atoms with Gasteiger partial charge in [0.05, 0.1) is 0 Å². The van der Waals surface area contributed by atoms with E-state index in [0.717, 1.165) is 19.3 Å². The predicted molar refractivity (Wildman–Crippen MR) is 117 cm³/mol. The first-order valence-corrected chi connectivity index (χ1v) is 11.6. The molecule has 0 rings (SSSR count). The molecule has 0 spiro atoms. The Hall–Kier alpha value is -1.63. The van der Waals surface area contributed by atoms with E-state index in [1.165, 1.54) is 71.6 Å². The summed E-state index contributed by atoms with van der Waals surface area (Å²) in [4.78, 5) is 34.2. The Morgan fingerprint density at radius 1 is 0.800 bits per heavy atom. The second-order valence-electron chi connectivity index (χ2n) is 8.03. The van der Waals surface area contributed by atoms with Crippen molar-refractivity contribution in [3.8, 4) is 0 Å². The fourth-order valence-electron chi connectivity index (χ4n) is 3.09. The number of esters is 2. The van der Waals surface area contributed by atoms with Crippen molar-refractivity contribution in [2.75, 3.05) is 13.2 Å². The molecule has 7 nitrogen and oxygen atoms in total. The molecule has 1 amide bonds. The smallest absolute Gasteiger partial charge is 0.328 e. The molecule has 0 aromatic rings. The van der Waals surface area contributed by atoms with Crippen LogP contribution in [0.5, 0.6) is 0 Å². The van der Waals surface area contributed by atoms with Crippen molar-refractivity contribution in [1.29, 1.82) is 0 Å². The first-order valence-electron chi connectivity index (χ1n) is 11.6. The van der Waals surface area contributed by atoms with E-state index in [-0.39, 0.29) is 25.1 Å². The van der Waals surface area contributed by atoms with E-state index < -0.39 is 18.1 Å². The molecule has 0 fully saturated rings. The molecule has 0 aromatic heterocycles. The summed E-state index contributed by atoms with van der Waals surface area (Å²) in [5.41, 5.74) is 0. The maximum absolute atomic E-state index is 11.7. The van der Waals surface area contributed by atoms with Crippen LogP contribution >= 0.6 is 0 Å². The van der Waals surface area contributed by atoms with Crippen LogP contribution in [0.4, 0.5) is 0 Å². The number of carbonyl (C=O) groups is 3. The van der Waals surface area contributed by atoms with Gasteiger partial charge in [0.15, 0.2) is 0 Å². The van der Waals surface area contributed by atoms with Gasteiger partial charge in [-0.05, 0) is 13.3 Å². The first-order chi connectivity index (χ1) is 14.4. The van der Waals surface area contributed by atoms with Crippen molar-refractivity contribution in [2.24, 2.45) is 0 Å². The third-order valence-corrected chi connectivity index (χ3v) is 4.86. The molecule has 1 unspecified atom stereocenters. The molecule has 7 heteroatoms. The predicted octanol–water partition coefficient (Wildman–Crippen LogP) is 4.05. The van der Waals surface area contributed by atoms with Gasteiger partial charge in [-0.1, -0.05) is 77.6 Å². The van der Waals surface area contributed by atoms with E-state index in [4.69, 9.17) is 9.47 Å². The standard InChI is InChI=1S/C23H43NO6/c1-4-5-6-7-8-9-10-11-12-13-14-15-16-22(27)29-17-21(26)18-30-23(28)19(2)24-20(3)25/h19,21,26H,4-18H2,1-3H3,(H,24,25)/t19-,21?/m0/s1. The number of unbranched alkanes of at least 4 members (excludes halogenated alkanes) is 11. The lowest BCUT2D eigenvalue weighted by Crippen LogP contribution is -2.39. The minimum Gasteiger partial charge on any atom is -0.463 e. The average molecular weight is 430 g/mol. The van der Waals surface area contributed by atoms with Gasteiger partial charge in [0.2, 0.25) is 5.91 Å². The fraction of sp³-hybridized carbons (Fsp3) is 0.870. The van der Waals surface area contributed by atoms with E-state index in [0.29, 0.717) is 6.42 Å². The maximum atomic E-state index is 11.7. The molecule has 0 radical (unpaired) electrons. The molecule has 176 valence electrons. The van der Waals surface area contributed by atoms with Crippen molar-refractivity contribution in [1.82, 2.24) is 5.32 Å². The Morgan fingerprint density at radius 3 is 1.77 bits per heavy atom. The summed E-state index contributed by atoms with van der Waals surface area (Å²) >= 11 is 0. The zero-order valence-electron chi connectivity index (χ0n) is 19.2. The SMILES string of the molecule is CCCCCCCCCCCCCCC(=O)OCC(O)COC(=O)[C@H](C)NC(C)=O. The molecule has 0 aliphatic heterocycles. The van der Waals surface area contributed by atoms with Crippen LogP contribution < -0.4 is 5.32 Å². The van der Waals surface area contributed by atoms with Crippen LogP contribution in [-0.2, 0) is 23.9 Å². The molecule has 0 bridgehead atoms. The van der Waals surface area contributed by atoms with Crippen LogP contribution in [-0.4, -0.2) is 48.3 Å². The highest BCUT2D eigenvalue weighted by Crippen LogP contribution is 2.12. The van der Waals surface area contributed by atoms with Gasteiger partial charge < -0.3 is 19.9 Å². The van der Waals surface area contributed by atoms with Crippen molar-refractivity contribution in [3.05, 3.63) is 0 Å². The van der Waals surface area contributed by atoms with E-state index in [9.17, 15) is 19.5 Å². The minimum atomic E-state index is -1.08. The van der Waals surface area contributed by atoms with Crippen molar-refractivity contribution in [2.45, 2.75) is 116 Å². The third-order valence-electron chi connectivity index (χ3n) is 4.86. The Balaban J connectivity index is 3.52. The van der Waals surface area contributed by atoms with E-state index >= 15 is 0 Å². The highest BCUT2D eigenvalue weighted by Gasteiger charge is 2.17. The second kappa shape index (κ2) is 19.3. The van der Waals surface area contributed by atoms with Crippen LogP contribution in [0.2, 0.25) is 0 Å². The van der Waals surface area contributed by atoms with Gasteiger partial charge in [0.1, 0.15) is 25.4 Å². The molecule has 2 N–H and O–H groups in total. The number of aliphatic hydroxyl groups is 1. The van der Waals surface area contributed by atoms with E-state index in [2.05, 4.69) is 12.2 Å². The molecule has 0 aliphatic rings. The highest BCUT2D eigenvalue weighted by atomic mass is 16.6. The molecule has 2 atom stereocenters. The van der Waals surface area contributed by atoms with Gasteiger partial charge in [0.25, 0.3) is 0 Å². The number of hydrogen-bond donors (Lipinski definition) is 2. The molecule has 0 saturated carbocycles. The van der Waals surface area contributed by atoms with Crippen LogP contribution in [0.3, 0.4) is 0 Å². The van der Waals surface area contributed by atoms with Gasteiger partial charge in [-0.2, -0.15) is 0 Å². The van der Waals surface area contributed by atoms with E-state index in [1.807, 2.05) is 0 Å². The molecule has 30 heavy (non-hydrogen) atoms. The zero-order valence-corrected chi connectivity index (χ0v) is 19.2. The number of nitrogens with one attached hydrogen (secondary N) is 1. The van der Waals surface area contributed by atoms with Crippen LogP contribution in [0.25, 0.3) is 0 Å². The van der Waals surface area contributed by atoms with Gasteiger partial charge in [-0.3, -0.25) is 9.59 Å². The Labute approximate surface area is 182 Å². The lowest BCUT2D eigenvalue weighted by atomic mass is 10.0. The zero-order chi connectivity index (χ0) is 22.6. The summed E-state index contributed by atoms with van der Waals surface area (Å²) in [6.45, 7) is 4.54. The lowest BCUT2D eigenvalue weighted by Gasteiger charge is -2.15. The van der Waals surface area contributed by atoms with E-state index in [1.54, 1.807) is 0 Å². The van der Waals surface area contributed by atoms with Gasteiger partial charge in [0, 0.05) is 13.3 Å². The molecule has 0 aromatic carbocycles. The quantitative estimate of drug-likeness (QED) is 0.237. The Morgan fingerprint density at radius 2 is 1.27 bits per heavy atom. The summed E-state index contributed by atoms with van der Waals surface area (Å²) in [6, 6.07) is -0.789. The van der Waals surface area contributed by atoms with Crippen molar-refractivity contribution >= 4 is 17.8 Å². The Kier molecular flexibility index (Phi) is 18.3. The summed E-state index contributed by atoms with van der Waals surface area (Å²) in [6.07, 6.45) is 14.0. The maximum Gasteiger partial charge on any atom is 0.328 e. The van der Waals surface area contributed by atoms with Crippen LogP contribution in [0.1, 0.15) is 104 Å². The van der Waals surface area contributed by atoms with Crippen molar-refractivity contribution < 1.29 is 29.0 Å². The van der Waals surface area contributed by atoms with Crippen LogP contribution in [0.15, 0.2) is 0 Å². The number of amides is 1. The largest absolute Gasteiger partial charge is 0.463 e. The average Bonchev–Trinajstić information content (AvgIpc) is 2.70. The normalized spacial score (nSPS) is 12.8. The highest BCUT2D eigenvalue weighted by molar-refractivity contribution is 5.82. The number of hydrogen-bond acceptors (Lipinski definition) is 6. The number of ether oxygens (including phenoxy) is 2. The fourth-order valence-corrected chi connectivity index (χ4v) is 3.09. The molecular formula is C23H43NO6. The number of rotatable bonds is 19. The monoisotopic (exact) mass is 429 g/mol. The van der Waals surface area contributed by atoms with Gasteiger partial charge >= 0.3 is 11.9 Å². The molecule has 0 heterocycles. The summed E-state index contributed by atoms with van der Waals surface area (Å²) in [5, 5.41) is 12.1. The second-order valence-corrected chi connectivity index (χ2v) is 8.03. The number of carbonyl (C=O) groups excluding carboxylic acids is 3. The molecule has 0 saturated heterocycles. The topological polar surface area (TPSA) is 102 Å². The summed E-state index contributed by atoms with van der Waals surface area (Å²) in [5.74, 6) is -1.34.